The minimum absolute atomic E-state index is 0.210. The summed E-state index contributed by atoms with van der Waals surface area (Å²) in [6.45, 7) is 10.7. The molecule has 0 radical (unpaired) electrons. The Balaban J connectivity index is 1.54. The molecule has 0 atom stereocenters. The second-order valence-corrected chi connectivity index (χ2v) is 8.19. The Hall–Kier alpha value is -2.66. The molecule has 4 nitrogen and oxygen atoms in total. The minimum Gasteiger partial charge on any atom is -0.423 e. The molecule has 29 heavy (non-hydrogen) atoms. The van der Waals surface area contributed by atoms with Gasteiger partial charge in [-0.15, -0.1) is 0 Å². The highest BCUT2D eigenvalue weighted by atomic mass is 19.1. The van der Waals surface area contributed by atoms with Gasteiger partial charge in [0.15, 0.2) is 0 Å². The number of benzene rings is 2. The van der Waals surface area contributed by atoms with Gasteiger partial charge in [-0.2, -0.15) is 0 Å². The van der Waals surface area contributed by atoms with Crippen molar-refractivity contribution in [1.29, 1.82) is 0 Å². The maximum absolute atomic E-state index is 13.2. The monoisotopic (exact) mass is 394 g/mol. The SMILES string of the molecule is Cc1cc2oc(=O)cc(CN3CCN(c4ccc(F)cc4)CC3)c2cc1C(C)C. The van der Waals surface area contributed by atoms with Gasteiger partial charge in [0, 0.05) is 49.9 Å². The number of hydrogen-bond acceptors (Lipinski definition) is 4. The average Bonchev–Trinajstić information content (AvgIpc) is 2.68. The van der Waals surface area contributed by atoms with Crippen LogP contribution < -0.4 is 10.5 Å². The standard InChI is InChI=1S/C24H27FN2O2/c1-16(2)21-14-22-18(13-24(28)29-23(22)12-17(21)3)15-26-8-10-27(11-9-26)20-6-4-19(25)5-7-20/h4-7,12-14,16H,8-11,15H2,1-3H3. The van der Waals surface area contributed by atoms with E-state index >= 15 is 0 Å². The molecule has 0 N–H and O–H groups in total. The lowest BCUT2D eigenvalue weighted by atomic mass is 9.95. The van der Waals surface area contributed by atoms with Crippen LogP contribution in [0.5, 0.6) is 0 Å². The van der Waals surface area contributed by atoms with Crippen molar-refractivity contribution in [3.05, 3.63) is 75.4 Å². The minimum atomic E-state index is -0.297. The molecule has 2 aromatic carbocycles. The largest absolute Gasteiger partial charge is 0.423 e. The van der Waals surface area contributed by atoms with Crippen molar-refractivity contribution >= 4 is 16.7 Å². The highest BCUT2D eigenvalue weighted by Gasteiger charge is 2.19. The van der Waals surface area contributed by atoms with Gasteiger partial charge in [0.05, 0.1) is 0 Å². The summed E-state index contributed by atoms with van der Waals surface area (Å²) in [5.74, 6) is 0.205. The molecule has 0 spiro atoms. The zero-order valence-corrected chi connectivity index (χ0v) is 17.2. The maximum atomic E-state index is 13.2. The van der Waals surface area contributed by atoms with E-state index in [0.29, 0.717) is 11.5 Å². The summed E-state index contributed by atoms with van der Waals surface area (Å²) in [5.41, 5.74) is 4.88. The summed E-state index contributed by atoms with van der Waals surface area (Å²) in [7, 11) is 0. The summed E-state index contributed by atoms with van der Waals surface area (Å²) in [5, 5.41) is 1.03. The van der Waals surface area contributed by atoms with Crippen LogP contribution in [0.1, 0.15) is 36.5 Å². The summed E-state index contributed by atoms with van der Waals surface area (Å²) >= 11 is 0. The molecule has 1 saturated heterocycles. The first-order valence-electron chi connectivity index (χ1n) is 10.2. The molecule has 0 bridgehead atoms. The van der Waals surface area contributed by atoms with Gasteiger partial charge in [-0.1, -0.05) is 13.8 Å². The number of fused-ring (bicyclic) bond motifs is 1. The molecule has 2 heterocycles. The molecule has 0 saturated carbocycles. The maximum Gasteiger partial charge on any atom is 0.336 e. The van der Waals surface area contributed by atoms with Crippen LogP contribution in [0.4, 0.5) is 10.1 Å². The third kappa shape index (κ3) is 4.20. The van der Waals surface area contributed by atoms with E-state index in [4.69, 9.17) is 4.42 Å². The number of anilines is 1. The van der Waals surface area contributed by atoms with Crippen molar-refractivity contribution in [3.8, 4) is 0 Å². The highest BCUT2D eigenvalue weighted by molar-refractivity contribution is 5.82. The van der Waals surface area contributed by atoms with Gasteiger partial charge in [-0.3, -0.25) is 4.90 Å². The van der Waals surface area contributed by atoms with E-state index in [9.17, 15) is 9.18 Å². The number of halogens is 1. The quantitative estimate of drug-likeness (QED) is 0.602. The lowest BCUT2D eigenvalue weighted by Gasteiger charge is -2.36. The lowest BCUT2D eigenvalue weighted by molar-refractivity contribution is 0.250. The van der Waals surface area contributed by atoms with Crippen LogP contribution in [-0.4, -0.2) is 31.1 Å². The van der Waals surface area contributed by atoms with Gasteiger partial charge in [-0.05, 0) is 65.9 Å². The summed E-state index contributed by atoms with van der Waals surface area (Å²) in [6.07, 6.45) is 0. The second-order valence-electron chi connectivity index (χ2n) is 8.19. The molecule has 0 unspecified atom stereocenters. The zero-order valence-electron chi connectivity index (χ0n) is 17.2. The third-order valence-corrected chi connectivity index (χ3v) is 5.80. The van der Waals surface area contributed by atoms with Crippen molar-refractivity contribution in [2.75, 3.05) is 31.1 Å². The second kappa shape index (κ2) is 7.99. The number of hydrogen-bond donors (Lipinski definition) is 0. The Labute approximate surface area is 170 Å². The Bertz CT molecular complexity index is 1060. The molecule has 5 heteroatoms. The number of nitrogens with zero attached hydrogens (tertiary/aromatic N) is 2. The Morgan fingerprint density at radius 3 is 2.38 bits per heavy atom. The van der Waals surface area contributed by atoms with Gasteiger partial charge in [0.2, 0.25) is 0 Å². The molecule has 4 rings (SSSR count). The molecule has 1 fully saturated rings. The van der Waals surface area contributed by atoms with Gasteiger partial charge in [0.25, 0.3) is 0 Å². The van der Waals surface area contributed by atoms with Crippen LogP contribution in [0.3, 0.4) is 0 Å². The predicted octanol–water partition coefficient (Wildman–Crippen LogP) is 4.69. The topological polar surface area (TPSA) is 36.7 Å². The van der Waals surface area contributed by atoms with Gasteiger partial charge in [-0.25, -0.2) is 9.18 Å². The fourth-order valence-corrected chi connectivity index (χ4v) is 4.20. The lowest BCUT2D eigenvalue weighted by Crippen LogP contribution is -2.46. The van der Waals surface area contributed by atoms with E-state index in [1.807, 2.05) is 18.2 Å². The predicted molar refractivity (Wildman–Crippen MR) is 115 cm³/mol. The molecule has 0 aliphatic carbocycles. The Kier molecular flexibility index (Phi) is 5.41. The summed E-state index contributed by atoms with van der Waals surface area (Å²) in [6, 6.07) is 12.5. The van der Waals surface area contributed by atoms with Crippen molar-refractivity contribution < 1.29 is 8.81 Å². The third-order valence-electron chi connectivity index (χ3n) is 5.80. The average molecular weight is 394 g/mol. The van der Waals surface area contributed by atoms with E-state index in [2.05, 4.69) is 36.6 Å². The van der Waals surface area contributed by atoms with Gasteiger partial charge < -0.3 is 9.32 Å². The van der Waals surface area contributed by atoms with E-state index in [-0.39, 0.29) is 11.4 Å². The molecule has 0 amide bonds. The van der Waals surface area contributed by atoms with Crippen molar-refractivity contribution in [2.45, 2.75) is 33.2 Å². The molecule has 1 aliphatic heterocycles. The van der Waals surface area contributed by atoms with Crippen molar-refractivity contribution in [3.63, 3.8) is 0 Å². The van der Waals surface area contributed by atoms with E-state index in [1.54, 1.807) is 6.07 Å². The Morgan fingerprint density at radius 2 is 1.72 bits per heavy atom. The smallest absolute Gasteiger partial charge is 0.336 e. The van der Waals surface area contributed by atoms with Crippen LogP contribution in [0, 0.1) is 12.7 Å². The van der Waals surface area contributed by atoms with Crippen LogP contribution >= 0.6 is 0 Å². The molecule has 3 aromatic rings. The van der Waals surface area contributed by atoms with E-state index in [0.717, 1.165) is 54.9 Å². The van der Waals surface area contributed by atoms with E-state index in [1.165, 1.54) is 17.7 Å². The van der Waals surface area contributed by atoms with Crippen molar-refractivity contribution in [1.82, 2.24) is 4.90 Å². The van der Waals surface area contributed by atoms with Gasteiger partial charge in [0.1, 0.15) is 11.4 Å². The summed E-state index contributed by atoms with van der Waals surface area (Å²) < 4.78 is 18.6. The zero-order chi connectivity index (χ0) is 20.5. The molecular weight excluding hydrogens is 367 g/mol. The van der Waals surface area contributed by atoms with Crippen LogP contribution in [-0.2, 0) is 6.54 Å². The fourth-order valence-electron chi connectivity index (χ4n) is 4.20. The van der Waals surface area contributed by atoms with Crippen molar-refractivity contribution in [2.24, 2.45) is 0 Å². The molecule has 152 valence electrons. The number of piperazine rings is 1. The number of rotatable bonds is 4. The fraction of sp³-hybridized carbons (Fsp3) is 0.375. The van der Waals surface area contributed by atoms with Crippen LogP contribution in [0.25, 0.3) is 11.0 Å². The van der Waals surface area contributed by atoms with Gasteiger partial charge >= 0.3 is 5.63 Å². The summed E-state index contributed by atoms with van der Waals surface area (Å²) in [4.78, 5) is 16.8. The van der Waals surface area contributed by atoms with Crippen LogP contribution in [0.15, 0.2) is 51.7 Å². The highest BCUT2D eigenvalue weighted by Crippen LogP contribution is 2.28. The number of aryl methyl sites for hydroxylation is 1. The normalized spacial score (nSPS) is 15.4. The first kappa shape index (κ1) is 19.6. The molecular formula is C24H27FN2O2. The first-order chi connectivity index (χ1) is 13.9. The first-order valence-corrected chi connectivity index (χ1v) is 10.2. The van der Waals surface area contributed by atoms with Crippen LogP contribution in [0.2, 0.25) is 0 Å². The molecule has 1 aromatic heterocycles. The van der Waals surface area contributed by atoms with E-state index < -0.39 is 0 Å². The Morgan fingerprint density at radius 1 is 1.03 bits per heavy atom. The molecule has 1 aliphatic rings.